The van der Waals surface area contributed by atoms with Crippen molar-refractivity contribution in [3.05, 3.63) is 127 Å². The van der Waals surface area contributed by atoms with E-state index in [0.29, 0.717) is 0 Å². The molecule has 0 N–H and O–H groups in total. The van der Waals surface area contributed by atoms with Crippen molar-refractivity contribution in [1.82, 2.24) is 4.57 Å². The molecule has 0 radical (unpaired) electrons. The summed E-state index contributed by atoms with van der Waals surface area (Å²) in [5.74, 6) is 0. The Morgan fingerprint density at radius 2 is 1.08 bits per heavy atom. The van der Waals surface area contributed by atoms with Gasteiger partial charge in [0.1, 0.15) is 0 Å². The Labute approximate surface area is 232 Å². The normalized spacial score (nSPS) is 12.1. The molecule has 0 unspecified atom stereocenters. The maximum Gasteiger partial charge on any atom is 0.0541 e. The van der Waals surface area contributed by atoms with Gasteiger partial charge in [0, 0.05) is 56.8 Å². The van der Waals surface area contributed by atoms with Gasteiger partial charge in [0.25, 0.3) is 0 Å². The van der Waals surface area contributed by atoms with Crippen LogP contribution in [0.25, 0.3) is 79.0 Å². The summed E-state index contributed by atoms with van der Waals surface area (Å²) in [6.45, 7) is 0. The maximum absolute atomic E-state index is 2.40. The van der Waals surface area contributed by atoms with E-state index < -0.39 is 0 Å². The molecular weight excluding hydrogens is 511 g/mol. The molecule has 0 atom stereocenters. The molecule has 1 nitrogen and oxygen atoms in total. The number of para-hydroxylation sites is 2. The van der Waals surface area contributed by atoms with Gasteiger partial charge in [-0.25, -0.2) is 0 Å². The second-order valence-corrected chi connectivity index (χ2v) is 12.3. The number of rotatable bonds is 2. The molecule has 0 saturated carbocycles. The summed E-state index contributed by atoms with van der Waals surface area (Å²) in [6.07, 6.45) is 0. The molecule has 3 heteroatoms. The lowest BCUT2D eigenvalue weighted by atomic mass is 10.0. The molecule has 3 heterocycles. The van der Waals surface area contributed by atoms with E-state index in [9.17, 15) is 0 Å². The molecule has 3 aromatic heterocycles. The van der Waals surface area contributed by atoms with Crippen molar-refractivity contribution in [3.63, 3.8) is 0 Å². The van der Waals surface area contributed by atoms with E-state index in [1.165, 1.54) is 79.0 Å². The molecule has 39 heavy (non-hydrogen) atoms. The second kappa shape index (κ2) is 8.03. The van der Waals surface area contributed by atoms with Gasteiger partial charge in [-0.3, -0.25) is 0 Å². The number of hydrogen-bond donors (Lipinski definition) is 0. The van der Waals surface area contributed by atoms with Crippen LogP contribution in [0.3, 0.4) is 0 Å². The summed E-state index contributed by atoms with van der Waals surface area (Å²) in [5, 5.41) is 7.94. The average Bonchev–Trinajstić information content (AvgIpc) is 3.66. The van der Waals surface area contributed by atoms with Crippen LogP contribution in [0.2, 0.25) is 0 Å². The molecule has 0 aliphatic rings. The van der Waals surface area contributed by atoms with E-state index in [0.717, 1.165) is 0 Å². The highest BCUT2D eigenvalue weighted by atomic mass is 32.1. The minimum atomic E-state index is 1.21. The first kappa shape index (κ1) is 21.5. The summed E-state index contributed by atoms with van der Waals surface area (Å²) >= 11 is 3.78. The molecule has 0 fully saturated rings. The summed E-state index contributed by atoms with van der Waals surface area (Å²) in [6, 6.07) is 46.9. The second-order valence-electron chi connectivity index (χ2n) is 10.1. The Morgan fingerprint density at radius 1 is 0.410 bits per heavy atom. The van der Waals surface area contributed by atoms with Gasteiger partial charge >= 0.3 is 0 Å². The third-order valence-corrected chi connectivity index (χ3v) is 10.4. The first-order valence-electron chi connectivity index (χ1n) is 13.2. The van der Waals surface area contributed by atoms with E-state index in [-0.39, 0.29) is 0 Å². The number of thiophene rings is 2. The van der Waals surface area contributed by atoms with Crippen molar-refractivity contribution in [1.29, 1.82) is 0 Å². The molecule has 0 saturated heterocycles. The number of benzene rings is 6. The number of nitrogens with zero attached hydrogens (tertiary/aromatic N) is 1. The molecule has 0 aliphatic heterocycles. The molecular formula is C36H21NS2. The van der Waals surface area contributed by atoms with Crippen LogP contribution in [0, 0.1) is 0 Å². The summed E-state index contributed by atoms with van der Waals surface area (Å²) < 4.78 is 7.77. The minimum Gasteiger partial charge on any atom is -0.309 e. The van der Waals surface area contributed by atoms with Crippen LogP contribution in [0.1, 0.15) is 0 Å². The predicted octanol–water partition coefficient (Wildman–Crippen LogP) is 11.2. The van der Waals surface area contributed by atoms with Crippen molar-refractivity contribution < 1.29 is 0 Å². The Bertz CT molecular complexity index is 2350. The zero-order chi connectivity index (χ0) is 25.5. The lowest BCUT2D eigenvalue weighted by molar-refractivity contribution is 1.19. The summed E-state index contributed by atoms with van der Waals surface area (Å²) in [4.78, 5) is 0. The molecule has 9 rings (SSSR count). The minimum absolute atomic E-state index is 1.21. The number of hydrogen-bond acceptors (Lipinski definition) is 2. The maximum atomic E-state index is 2.40. The number of fused-ring (bicyclic) bond motifs is 9. The third-order valence-electron chi connectivity index (χ3n) is 8.01. The Morgan fingerprint density at radius 3 is 1.90 bits per heavy atom. The van der Waals surface area contributed by atoms with Gasteiger partial charge < -0.3 is 4.57 Å². The molecule has 0 amide bonds. The van der Waals surface area contributed by atoms with Crippen molar-refractivity contribution in [2.75, 3.05) is 0 Å². The fraction of sp³-hybridized carbons (Fsp3) is 0. The van der Waals surface area contributed by atoms with E-state index in [1.54, 1.807) is 0 Å². The van der Waals surface area contributed by atoms with E-state index in [1.807, 2.05) is 22.7 Å². The Balaban J connectivity index is 1.25. The standard InChI is InChI=1S/C36H21NS2/c1-4-13-31-25(8-1)26-9-2-5-14-32(26)37(31)23-17-18-28-30-20-22(16-19-34(30)38-35(28)21-23)24-11-7-12-29-27-10-3-6-15-33(27)39-36(24)29/h1-21H. The van der Waals surface area contributed by atoms with Gasteiger partial charge in [-0.05, 0) is 53.6 Å². The Hall–Kier alpha value is -4.44. The monoisotopic (exact) mass is 531 g/mol. The summed E-state index contributed by atoms with van der Waals surface area (Å²) in [7, 11) is 0. The van der Waals surface area contributed by atoms with Crippen LogP contribution in [0.15, 0.2) is 127 Å². The van der Waals surface area contributed by atoms with E-state index >= 15 is 0 Å². The van der Waals surface area contributed by atoms with Crippen LogP contribution in [0.5, 0.6) is 0 Å². The lowest BCUT2D eigenvalue weighted by Gasteiger charge is -2.08. The molecule has 6 aromatic carbocycles. The van der Waals surface area contributed by atoms with Gasteiger partial charge in [-0.15, -0.1) is 22.7 Å². The van der Waals surface area contributed by atoms with Crippen LogP contribution in [-0.4, -0.2) is 4.57 Å². The van der Waals surface area contributed by atoms with Gasteiger partial charge in [0.2, 0.25) is 0 Å². The van der Waals surface area contributed by atoms with Crippen molar-refractivity contribution in [3.8, 4) is 16.8 Å². The van der Waals surface area contributed by atoms with Crippen LogP contribution in [0.4, 0.5) is 0 Å². The highest BCUT2D eigenvalue weighted by Gasteiger charge is 2.15. The Kier molecular flexibility index (Phi) is 4.43. The zero-order valence-corrected chi connectivity index (χ0v) is 22.5. The van der Waals surface area contributed by atoms with Crippen molar-refractivity contribution in [2.45, 2.75) is 0 Å². The topological polar surface area (TPSA) is 4.93 Å². The molecule has 0 bridgehead atoms. The highest BCUT2D eigenvalue weighted by molar-refractivity contribution is 7.26. The van der Waals surface area contributed by atoms with E-state index in [4.69, 9.17) is 0 Å². The fourth-order valence-electron chi connectivity index (χ4n) is 6.25. The summed E-state index contributed by atoms with van der Waals surface area (Å²) in [5.41, 5.74) is 6.31. The van der Waals surface area contributed by atoms with Crippen LogP contribution < -0.4 is 0 Å². The largest absolute Gasteiger partial charge is 0.309 e. The molecule has 0 aliphatic carbocycles. The third kappa shape index (κ3) is 3.06. The molecule has 182 valence electrons. The number of aromatic nitrogens is 1. The zero-order valence-electron chi connectivity index (χ0n) is 20.9. The van der Waals surface area contributed by atoms with Crippen molar-refractivity contribution >= 4 is 84.8 Å². The van der Waals surface area contributed by atoms with Crippen LogP contribution >= 0.6 is 22.7 Å². The van der Waals surface area contributed by atoms with Gasteiger partial charge in [0.05, 0.1) is 11.0 Å². The van der Waals surface area contributed by atoms with Crippen LogP contribution in [-0.2, 0) is 0 Å². The highest BCUT2D eigenvalue weighted by Crippen LogP contribution is 2.43. The lowest BCUT2D eigenvalue weighted by Crippen LogP contribution is -1.92. The smallest absolute Gasteiger partial charge is 0.0541 e. The predicted molar refractivity (Wildman–Crippen MR) is 172 cm³/mol. The molecule has 9 aromatic rings. The van der Waals surface area contributed by atoms with Gasteiger partial charge in [-0.1, -0.05) is 84.9 Å². The van der Waals surface area contributed by atoms with E-state index in [2.05, 4.69) is 132 Å². The first-order valence-corrected chi connectivity index (χ1v) is 14.8. The SMILES string of the molecule is c1ccc2c(c1)sc1c(-c3ccc4sc5cc(-n6c7ccccc7c7ccccc76)ccc5c4c3)cccc12. The van der Waals surface area contributed by atoms with Crippen molar-refractivity contribution in [2.24, 2.45) is 0 Å². The fourth-order valence-corrected chi connectivity index (χ4v) is 8.61. The first-order chi connectivity index (χ1) is 19.3. The van der Waals surface area contributed by atoms with Gasteiger partial charge in [0.15, 0.2) is 0 Å². The quantitative estimate of drug-likeness (QED) is 0.209. The average molecular weight is 532 g/mol. The molecule has 0 spiro atoms. The van der Waals surface area contributed by atoms with Gasteiger partial charge in [-0.2, -0.15) is 0 Å².